The summed E-state index contributed by atoms with van der Waals surface area (Å²) in [6.45, 7) is 6.02. The summed E-state index contributed by atoms with van der Waals surface area (Å²) in [5, 5.41) is 4.46. The first-order valence-corrected chi connectivity index (χ1v) is 6.52. The van der Waals surface area contributed by atoms with Crippen molar-refractivity contribution in [3.63, 3.8) is 0 Å². The van der Waals surface area contributed by atoms with Crippen LogP contribution >= 0.6 is 0 Å². The number of aryl methyl sites for hydroxylation is 1. The van der Waals surface area contributed by atoms with Gasteiger partial charge in [0.2, 0.25) is 0 Å². The van der Waals surface area contributed by atoms with Crippen molar-refractivity contribution in [3.05, 3.63) is 53.1 Å². The van der Waals surface area contributed by atoms with Gasteiger partial charge in [-0.15, -0.1) is 0 Å². The van der Waals surface area contributed by atoms with Crippen LogP contribution in [0.1, 0.15) is 42.8 Å². The lowest BCUT2D eigenvalue weighted by Crippen LogP contribution is -2.14. The molecule has 0 aliphatic carbocycles. The fourth-order valence-corrected chi connectivity index (χ4v) is 2.10. The molecule has 2 rings (SSSR count). The minimum atomic E-state index is -0.238. The van der Waals surface area contributed by atoms with Crippen molar-refractivity contribution in [3.8, 4) is 0 Å². The first kappa shape index (κ1) is 13.7. The number of benzene rings is 1. The van der Waals surface area contributed by atoms with Crippen LogP contribution in [0.2, 0.25) is 0 Å². The maximum atomic E-state index is 13.4. The number of rotatable bonds is 4. The van der Waals surface area contributed by atoms with Gasteiger partial charge < -0.3 is 5.73 Å². The Morgan fingerprint density at radius 3 is 2.63 bits per heavy atom. The third kappa shape index (κ3) is 3.41. The molecule has 102 valence electrons. The number of nitrogens with zero attached hydrogens (tertiary/aromatic N) is 2. The minimum Gasteiger partial charge on any atom is -0.324 e. The van der Waals surface area contributed by atoms with Gasteiger partial charge in [0.25, 0.3) is 0 Å². The second kappa shape index (κ2) is 5.53. The summed E-state index contributed by atoms with van der Waals surface area (Å²) < 4.78 is 15.3. The summed E-state index contributed by atoms with van der Waals surface area (Å²) >= 11 is 0. The molecule has 2 aromatic rings. The van der Waals surface area contributed by atoms with Crippen LogP contribution in [-0.4, -0.2) is 9.78 Å². The number of aromatic nitrogens is 2. The number of hydrogen-bond acceptors (Lipinski definition) is 2. The van der Waals surface area contributed by atoms with Gasteiger partial charge in [-0.05, 0) is 50.1 Å². The van der Waals surface area contributed by atoms with Crippen molar-refractivity contribution in [2.75, 3.05) is 0 Å². The van der Waals surface area contributed by atoms with Crippen LogP contribution in [0.25, 0.3) is 0 Å². The summed E-state index contributed by atoms with van der Waals surface area (Å²) in [4.78, 5) is 0. The number of hydrogen-bond donors (Lipinski definition) is 1. The van der Waals surface area contributed by atoms with Crippen molar-refractivity contribution < 1.29 is 4.39 Å². The van der Waals surface area contributed by atoms with E-state index in [2.05, 4.69) is 18.9 Å². The molecule has 0 aliphatic heterocycles. The van der Waals surface area contributed by atoms with Gasteiger partial charge in [-0.2, -0.15) is 5.10 Å². The predicted octanol–water partition coefficient (Wildman–Crippen LogP) is 3.15. The summed E-state index contributed by atoms with van der Waals surface area (Å²) in [6, 6.07) is 6.99. The third-order valence-corrected chi connectivity index (χ3v) is 3.11. The van der Waals surface area contributed by atoms with Crippen LogP contribution in [0.15, 0.2) is 30.5 Å². The van der Waals surface area contributed by atoms with Gasteiger partial charge in [0, 0.05) is 24.7 Å². The Morgan fingerprint density at radius 1 is 1.32 bits per heavy atom. The Kier molecular flexibility index (Phi) is 4.00. The fraction of sp³-hybridized carbons (Fsp3) is 0.400. The second-order valence-corrected chi connectivity index (χ2v) is 5.25. The predicted molar refractivity (Wildman–Crippen MR) is 74.4 cm³/mol. The van der Waals surface area contributed by atoms with Gasteiger partial charge in [-0.1, -0.05) is 6.07 Å². The highest BCUT2D eigenvalue weighted by atomic mass is 19.1. The van der Waals surface area contributed by atoms with Crippen LogP contribution in [0.5, 0.6) is 0 Å². The standard InChI is InChI=1S/C15H20FN3/c1-10(2)19-5-4-14(18-19)9-15(17)12-6-11(3)7-13(16)8-12/h4-8,10,15H,9,17H2,1-3H3. The average molecular weight is 261 g/mol. The van der Waals surface area contributed by atoms with E-state index in [0.717, 1.165) is 16.8 Å². The first-order chi connectivity index (χ1) is 8.95. The van der Waals surface area contributed by atoms with Gasteiger partial charge in [0.05, 0.1) is 5.69 Å². The molecule has 2 N–H and O–H groups in total. The zero-order chi connectivity index (χ0) is 14.0. The lowest BCUT2D eigenvalue weighted by atomic mass is 10.0. The smallest absolute Gasteiger partial charge is 0.123 e. The van der Waals surface area contributed by atoms with E-state index in [-0.39, 0.29) is 11.9 Å². The lowest BCUT2D eigenvalue weighted by Gasteiger charge is -2.12. The minimum absolute atomic E-state index is 0.232. The zero-order valence-corrected chi connectivity index (χ0v) is 11.6. The summed E-state index contributed by atoms with van der Waals surface area (Å²) in [5.74, 6) is -0.238. The Morgan fingerprint density at radius 2 is 2.05 bits per heavy atom. The fourth-order valence-electron chi connectivity index (χ4n) is 2.10. The van der Waals surface area contributed by atoms with E-state index in [0.29, 0.717) is 12.5 Å². The van der Waals surface area contributed by atoms with Crippen molar-refractivity contribution in [2.24, 2.45) is 5.73 Å². The second-order valence-electron chi connectivity index (χ2n) is 5.25. The summed E-state index contributed by atoms with van der Waals surface area (Å²) in [6.07, 6.45) is 2.56. The molecule has 0 radical (unpaired) electrons. The van der Waals surface area contributed by atoms with Gasteiger partial charge in [-0.25, -0.2) is 4.39 Å². The van der Waals surface area contributed by atoms with Gasteiger partial charge >= 0.3 is 0 Å². The monoisotopic (exact) mass is 261 g/mol. The maximum absolute atomic E-state index is 13.4. The molecule has 1 unspecified atom stereocenters. The van der Waals surface area contributed by atoms with Crippen LogP contribution in [0, 0.1) is 12.7 Å². The molecule has 0 amide bonds. The van der Waals surface area contributed by atoms with Crippen LogP contribution in [-0.2, 0) is 6.42 Å². The lowest BCUT2D eigenvalue weighted by molar-refractivity contribution is 0.522. The highest BCUT2D eigenvalue weighted by Gasteiger charge is 2.11. The highest BCUT2D eigenvalue weighted by molar-refractivity contribution is 5.27. The van der Waals surface area contributed by atoms with Crippen LogP contribution in [0.3, 0.4) is 0 Å². The topological polar surface area (TPSA) is 43.8 Å². The number of halogens is 1. The molecule has 1 heterocycles. The quantitative estimate of drug-likeness (QED) is 0.918. The molecule has 0 spiro atoms. The third-order valence-electron chi connectivity index (χ3n) is 3.11. The molecule has 0 saturated heterocycles. The maximum Gasteiger partial charge on any atom is 0.123 e. The molecule has 1 aromatic carbocycles. The first-order valence-electron chi connectivity index (χ1n) is 6.52. The van der Waals surface area contributed by atoms with Crippen molar-refractivity contribution in [1.82, 2.24) is 9.78 Å². The molecule has 1 aromatic heterocycles. The molecule has 4 heteroatoms. The Hall–Kier alpha value is -1.68. The molecule has 0 aliphatic rings. The van der Waals surface area contributed by atoms with Gasteiger partial charge in [0.1, 0.15) is 5.82 Å². The summed E-state index contributed by atoms with van der Waals surface area (Å²) in [5.41, 5.74) is 8.77. The molecule has 0 saturated carbocycles. The molecular weight excluding hydrogens is 241 g/mol. The van der Waals surface area contributed by atoms with Crippen LogP contribution in [0.4, 0.5) is 4.39 Å². The Labute approximate surface area is 113 Å². The van der Waals surface area contributed by atoms with E-state index >= 15 is 0 Å². The molecule has 3 nitrogen and oxygen atoms in total. The highest BCUT2D eigenvalue weighted by Crippen LogP contribution is 2.18. The van der Waals surface area contributed by atoms with E-state index in [9.17, 15) is 4.39 Å². The van der Waals surface area contributed by atoms with Crippen LogP contribution < -0.4 is 5.73 Å². The van der Waals surface area contributed by atoms with E-state index in [1.54, 1.807) is 0 Å². The molecule has 0 bridgehead atoms. The largest absolute Gasteiger partial charge is 0.324 e. The van der Waals surface area contributed by atoms with E-state index in [1.165, 1.54) is 12.1 Å². The average Bonchev–Trinajstić information content (AvgIpc) is 2.76. The zero-order valence-electron chi connectivity index (χ0n) is 11.6. The number of nitrogens with two attached hydrogens (primary N) is 1. The molecular formula is C15H20FN3. The molecule has 1 atom stereocenters. The van der Waals surface area contributed by atoms with Gasteiger partial charge in [0.15, 0.2) is 0 Å². The SMILES string of the molecule is Cc1cc(F)cc(C(N)Cc2ccn(C(C)C)n2)c1. The normalized spacial score (nSPS) is 12.9. The molecule has 0 fully saturated rings. The van der Waals surface area contributed by atoms with E-state index < -0.39 is 0 Å². The van der Waals surface area contributed by atoms with Gasteiger partial charge in [-0.3, -0.25) is 4.68 Å². The Bertz CT molecular complexity index is 540. The van der Waals surface area contributed by atoms with E-state index in [1.807, 2.05) is 29.9 Å². The molecule has 19 heavy (non-hydrogen) atoms. The van der Waals surface area contributed by atoms with Crippen molar-refractivity contribution in [2.45, 2.75) is 39.3 Å². The van der Waals surface area contributed by atoms with Crippen molar-refractivity contribution >= 4 is 0 Å². The van der Waals surface area contributed by atoms with Crippen molar-refractivity contribution in [1.29, 1.82) is 0 Å². The summed E-state index contributed by atoms with van der Waals surface area (Å²) in [7, 11) is 0. The van der Waals surface area contributed by atoms with E-state index in [4.69, 9.17) is 5.73 Å². The Balaban J connectivity index is 2.13.